The van der Waals surface area contributed by atoms with Gasteiger partial charge in [0.2, 0.25) is 11.9 Å². The lowest BCUT2D eigenvalue weighted by atomic mass is 9.85. The van der Waals surface area contributed by atoms with Gasteiger partial charge >= 0.3 is 0 Å². The van der Waals surface area contributed by atoms with Crippen molar-refractivity contribution in [2.75, 3.05) is 30.3 Å². The van der Waals surface area contributed by atoms with Crippen LogP contribution in [0, 0.1) is 5.92 Å². The maximum atomic E-state index is 11.9. The Kier molecular flexibility index (Phi) is 6.79. The molecule has 0 saturated heterocycles. The van der Waals surface area contributed by atoms with Gasteiger partial charge in [-0.05, 0) is 62.1 Å². The Hall–Kier alpha value is -2.67. The zero-order valence-electron chi connectivity index (χ0n) is 17.4. The number of amides is 1. The third kappa shape index (κ3) is 5.48. The summed E-state index contributed by atoms with van der Waals surface area (Å²) < 4.78 is 0. The van der Waals surface area contributed by atoms with Crippen LogP contribution in [-0.4, -0.2) is 40.7 Å². The van der Waals surface area contributed by atoms with Crippen molar-refractivity contribution in [3.05, 3.63) is 41.6 Å². The van der Waals surface area contributed by atoms with E-state index < -0.39 is 0 Å². The van der Waals surface area contributed by atoms with Crippen LogP contribution >= 0.6 is 0 Å². The number of carbonyl (C=O) groups excluding carboxylic acids is 1. The highest BCUT2D eigenvalue weighted by Gasteiger charge is 2.28. The summed E-state index contributed by atoms with van der Waals surface area (Å²) in [5.74, 6) is 2.45. The van der Waals surface area contributed by atoms with Crippen LogP contribution in [0.3, 0.4) is 0 Å². The van der Waals surface area contributed by atoms with E-state index in [0.29, 0.717) is 24.8 Å². The summed E-state index contributed by atoms with van der Waals surface area (Å²) in [6.45, 7) is 1.60. The molecule has 2 aliphatic rings. The Bertz CT molecular complexity index is 847. The Balaban J connectivity index is 1.31. The minimum absolute atomic E-state index is 0.151. The molecule has 0 radical (unpaired) electrons. The van der Waals surface area contributed by atoms with Crippen molar-refractivity contribution in [1.82, 2.24) is 15.3 Å². The highest BCUT2D eigenvalue weighted by molar-refractivity contribution is 5.79. The number of hydrogen-bond donors (Lipinski definition) is 4. The molecule has 0 spiro atoms. The van der Waals surface area contributed by atoms with E-state index in [1.165, 1.54) is 24.8 Å². The second-order valence-electron chi connectivity index (χ2n) is 8.27. The average Bonchev–Trinajstić information content (AvgIpc) is 3.53. The van der Waals surface area contributed by atoms with Gasteiger partial charge in [-0.3, -0.25) is 4.79 Å². The van der Waals surface area contributed by atoms with Gasteiger partial charge in [0.1, 0.15) is 5.82 Å². The van der Waals surface area contributed by atoms with Crippen molar-refractivity contribution in [3.8, 4) is 0 Å². The Morgan fingerprint density at radius 3 is 2.57 bits per heavy atom. The first-order chi connectivity index (χ1) is 14.7. The number of carbonyl (C=O) groups is 1. The van der Waals surface area contributed by atoms with Crippen LogP contribution in [0.2, 0.25) is 0 Å². The molecule has 1 aromatic carbocycles. The largest absolute Gasteiger partial charge is 0.396 e. The van der Waals surface area contributed by atoms with Crippen molar-refractivity contribution in [2.45, 2.75) is 50.9 Å². The lowest BCUT2D eigenvalue weighted by molar-refractivity contribution is -0.127. The summed E-state index contributed by atoms with van der Waals surface area (Å²) in [7, 11) is 0. The van der Waals surface area contributed by atoms with Gasteiger partial charge in [0.15, 0.2) is 0 Å². The molecule has 0 bridgehead atoms. The van der Waals surface area contributed by atoms with Gasteiger partial charge < -0.3 is 21.1 Å². The van der Waals surface area contributed by atoms with E-state index in [9.17, 15) is 4.79 Å². The molecule has 2 aromatic rings. The number of benzene rings is 1. The van der Waals surface area contributed by atoms with E-state index in [4.69, 9.17) is 10.1 Å². The molecular weight excluding hydrogens is 378 g/mol. The van der Waals surface area contributed by atoms with Gasteiger partial charge in [-0.2, -0.15) is 4.98 Å². The maximum absolute atomic E-state index is 11.9. The number of anilines is 3. The Morgan fingerprint density at radius 1 is 1.10 bits per heavy atom. The second kappa shape index (κ2) is 9.89. The fourth-order valence-electron chi connectivity index (χ4n) is 3.62. The maximum Gasteiger partial charge on any atom is 0.229 e. The standard InChI is InChI=1S/C23H31N5O2/c29-14-11-16-5-9-19(10-6-16)27-23-26-15-20(17-7-8-17)21(28-23)24-12-2-13-25-22(30)18-3-1-4-18/h5-6,9-10,15,17-18,29H,1-4,7-8,11-14H2,(H,25,30)(H2,24,26,27,28). The van der Waals surface area contributed by atoms with Crippen molar-refractivity contribution < 1.29 is 9.90 Å². The van der Waals surface area contributed by atoms with Crippen LogP contribution in [-0.2, 0) is 11.2 Å². The number of rotatable bonds is 11. The molecule has 2 fully saturated rings. The monoisotopic (exact) mass is 409 g/mol. The van der Waals surface area contributed by atoms with Crippen LogP contribution in [0.1, 0.15) is 55.6 Å². The van der Waals surface area contributed by atoms with Crippen LogP contribution in [0.25, 0.3) is 0 Å². The first-order valence-electron chi connectivity index (χ1n) is 11.1. The van der Waals surface area contributed by atoms with Gasteiger partial charge in [0, 0.05) is 43.1 Å². The molecule has 1 amide bonds. The van der Waals surface area contributed by atoms with E-state index in [2.05, 4.69) is 20.9 Å². The smallest absolute Gasteiger partial charge is 0.229 e. The normalized spacial score (nSPS) is 16.0. The quantitative estimate of drug-likeness (QED) is 0.425. The highest BCUT2D eigenvalue weighted by Crippen LogP contribution is 2.42. The summed E-state index contributed by atoms with van der Waals surface area (Å²) in [5.41, 5.74) is 3.19. The SMILES string of the molecule is O=C(NCCCNc1nc(Nc2ccc(CCO)cc2)ncc1C1CC1)C1CCC1. The second-order valence-corrected chi connectivity index (χ2v) is 8.27. The summed E-state index contributed by atoms with van der Waals surface area (Å²) in [4.78, 5) is 21.1. The third-order valence-corrected chi connectivity index (χ3v) is 5.87. The van der Waals surface area contributed by atoms with Crippen LogP contribution in [0.4, 0.5) is 17.5 Å². The van der Waals surface area contributed by atoms with Crippen molar-refractivity contribution >= 4 is 23.4 Å². The number of aromatic nitrogens is 2. The van der Waals surface area contributed by atoms with Gasteiger partial charge in [-0.15, -0.1) is 0 Å². The molecule has 0 atom stereocenters. The highest BCUT2D eigenvalue weighted by atomic mass is 16.3. The average molecular weight is 410 g/mol. The number of aliphatic hydroxyl groups excluding tert-OH is 1. The Morgan fingerprint density at radius 2 is 1.90 bits per heavy atom. The molecule has 7 heteroatoms. The molecule has 0 aliphatic heterocycles. The van der Waals surface area contributed by atoms with Crippen LogP contribution in [0.15, 0.2) is 30.5 Å². The van der Waals surface area contributed by atoms with Gasteiger partial charge in [0.25, 0.3) is 0 Å². The molecular formula is C23H31N5O2. The Labute approximate surface area is 177 Å². The molecule has 30 heavy (non-hydrogen) atoms. The van der Waals surface area contributed by atoms with E-state index in [0.717, 1.165) is 42.9 Å². The molecule has 4 N–H and O–H groups in total. The number of nitrogens with zero attached hydrogens (tertiary/aromatic N) is 2. The first-order valence-corrected chi connectivity index (χ1v) is 11.1. The van der Waals surface area contributed by atoms with Gasteiger partial charge in [-0.1, -0.05) is 18.6 Å². The fourth-order valence-corrected chi connectivity index (χ4v) is 3.62. The van der Waals surface area contributed by atoms with Gasteiger partial charge in [-0.25, -0.2) is 4.98 Å². The predicted molar refractivity (Wildman–Crippen MR) is 118 cm³/mol. The van der Waals surface area contributed by atoms with Crippen molar-refractivity contribution in [2.24, 2.45) is 5.92 Å². The number of aliphatic hydroxyl groups is 1. The van der Waals surface area contributed by atoms with E-state index in [1.54, 1.807) is 0 Å². The number of nitrogens with one attached hydrogen (secondary N) is 3. The molecule has 2 saturated carbocycles. The topological polar surface area (TPSA) is 99.2 Å². The summed E-state index contributed by atoms with van der Waals surface area (Å²) in [6.07, 6.45) is 9.08. The molecule has 7 nitrogen and oxygen atoms in total. The predicted octanol–water partition coefficient (Wildman–Crippen LogP) is 3.35. The fraction of sp³-hybridized carbons (Fsp3) is 0.522. The summed E-state index contributed by atoms with van der Waals surface area (Å²) in [6, 6.07) is 7.93. The van der Waals surface area contributed by atoms with Gasteiger partial charge in [0.05, 0.1) is 0 Å². The van der Waals surface area contributed by atoms with E-state index >= 15 is 0 Å². The molecule has 4 rings (SSSR count). The summed E-state index contributed by atoms with van der Waals surface area (Å²) >= 11 is 0. The minimum atomic E-state index is 0.151. The van der Waals surface area contributed by atoms with Crippen molar-refractivity contribution in [3.63, 3.8) is 0 Å². The van der Waals surface area contributed by atoms with E-state index in [-0.39, 0.29) is 18.4 Å². The third-order valence-electron chi connectivity index (χ3n) is 5.87. The molecule has 160 valence electrons. The molecule has 1 aromatic heterocycles. The molecule has 0 unspecified atom stereocenters. The summed E-state index contributed by atoms with van der Waals surface area (Å²) in [5, 5.41) is 18.8. The zero-order chi connectivity index (χ0) is 20.8. The lowest BCUT2D eigenvalue weighted by Crippen LogP contribution is -2.35. The zero-order valence-corrected chi connectivity index (χ0v) is 17.4. The minimum Gasteiger partial charge on any atom is -0.396 e. The lowest BCUT2D eigenvalue weighted by Gasteiger charge is -2.24. The molecule has 1 heterocycles. The number of hydrogen-bond acceptors (Lipinski definition) is 6. The molecule has 2 aliphatic carbocycles. The van der Waals surface area contributed by atoms with Crippen molar-refractivity contribution in [1.29, 1.82) is 0 Å². The first kappa shape index (κ1) is 20.6. The van der Waals surface area contributed by atoms with Crippen LogP contribution in [0.5, 0.6) is 0 Å². The van der Waals surface area contributed by atoms with Crippen LogP contribution < -0.4 is 16.0 Å². The van der Waals surface area contributed by atoms with E-state index in [1.807, 2.05) is 30.5 Å².